The lowest BCUT2D eigenvalue weighted by molar-refractivity contribution is 0.340. The molecule has 0 radical (unpaired) electrons. The maximum absolute atomic E-state index is 5.58. The SMILES string of the molecule is CCOc1ccc(N)c(Br)c1.Cl. The fraction of sp³-hybridized carbons (Fsp3) is 0.250. The third-order valence-corrected chi connectivity index (χ3v) is 1.97. The topological polar surface area (TPSA) is 35.2 Å². The van der Waals surface area contributed by atoms with E-state index >= 15 is 0 Å². The van der Waals surface area contributed by atoms with Gasteiger partial charge in [0.05, 0.1) is 6.61 Å². The lowest BCUT2D eigenvalue weighted by Gasteiger charge is -2.03. The minimum absolute atomic E-state index is 0. The molecule has 4 heteroatoms. The van der Waals surface area contributed by atoms with Crippen LogP contribution in [0.5, 0.6) is 5.75 Å². The summed E-state index contributed by atoms with van der Waals surface area (Å²) in [5.74, 6) is 0.841. The summed E-state index contributed by atoms with van der Waals surface area (Å²) in [6, 6.07) is 5.53. The fourth-order valence-electron chi connectivity index (χ4n) is 0.764. The van der Waals surface area contributed by atoms with Gasteiger partial charge in [-0.3, -0.25) is 0 Å². The van der Waals surface area contributed by atoms with E-state index in [4.69, 9.17) is 10.5 Å². The molecule has 0 unspecified atom stereocenters. The highest BCUT2D eigenvalue weighted by molar-refractivity contribution is 9.10. The van der Waals surface area contributed by atoms with E-state index in [1.165, 1.54) is 0 Å². The van der Waals surface area contributed by atoms with E-state index in [1.54, 1.807) is 0 Å². The first-order chi connectivity index (χ1) is 5.24. The zero-order valence-corrected chi connectivity index (χ0v) is 9.11. The molecule has 1 rings (SSSR count). The molecule has 0 amide bonds. The van der Waals surface area contributed by atoms with Crippen molar-refractivity contribution in [2.24, 2.45) is 0 Å². The molecule has 0 saturated carbocycles. The summed E-state index contributed by atoms with van der Waals surface area (Å²) in [7, 11) is 0. The highest BCUT2D eigenvalue weighted by Crippen LogP contribution is 2.24. The van der Waals surface area contributed by atoms with Crippen LogP contribution in [0.1, 0.15) is 6.92 Å². The Morgan fingerprint density at radius 1 is 1.50 bits per heavy atom. The van der Waals surface area contributed by atoms with Crippen molar-refractivity contribution in [3.8, 4) is 5.75 Å². The van der Waals surface area contributed by atoms with Gasteiger partial charge in [0.2, 0.25) is 0 Å². The summed E-state index contributed by atoms with van der Waals surface area (Å²) in [6.07, 6.45) is 0. The number of nitrogen functional groups attached to an aromatic ring is 1. The van der Waals surface area contributed by atoms with Gasteiger partial charge in [0.1, 0.15) is 5.75 Å². The lowest BCUT2D eigenvalue weighted by atomic mass is 10.3. The van der Waals surface area contributed by atoms with Gasteiger partial charge in [0.15, 0.2) is 0 Å². The molecule has 1 aromatic carbocycles. The number of rotatable bonds is 2. The molecule has 12 heavy (non-hydrogen) atoms. The van der Waals surface area contributed by atoms with E-state index in [1.807, 2.05) is 25.1 Å². The van der Waals surface area contributed by atoms with Crippen LogP contribution in [0.3, 0.4) is 0 Å². The maximum atomic E-state index is 5.58. The first-order valence-corrected chi connectivity index (χ1v) is 4.21. The smallest absolute Gasteiger partial charge is 0.120 e. The van der Waals surface area contributed by atoms with Crippen molar-refractivity contribution in [2.75, 3.05) is 12.3 Å². The van der Waals surface area contributed by atoms with Gasteiger partial charge in [-0.2, -0.15) is 0 Å². The summed E-state index contributed by atoms with van der Waals surface area (Å²) in [4.78, 5) is 0. The molecule has 2 nitrogen and oxygen atoms in total. The summed E-state index contributed by atoms with van der Waals surface area (Å²) < 4.78 is 6.13. The Labute approximate surface area is 86.6 Å². The zero-order valence-electron chi connectivity index (χ0n) is 6.71. The normalized spacial score (nSPS) is 8.83. The first-order valence-electron chi connectivity index (χ1n) is 3.42. The van der Waals surface area contributed by atoms with Gasteiger partial charge >= 0.3 is 0 Å². The summed E-state index contributed by atoms with van der Waals surface area (Å²) in [5, 5.41) is 0. The Bertz CT molecular complexity index is 255. The number of benzene rings is 1. The Hall–Kier alpha value is -0.410. The van der Waals surface area contributed by atoms with Crippen molar-refractivity contribution < 1.29 is 4.74 Å². The molecule has 2 N–H and O–H groups in total. The summed E-state index contributed by atoms with van der Waals surface area (Å²) in [5.41, 5.74) is 6.31. The monoisotopic (exact) mass is 251 g/mol. The number of anilines is 1. The third-order valence-electron chi connectivity index (χ3n) is 1.28. The Kier molecular flexibility index (Phi) is 5.09. The van der Waals surface area contributed by atoms with Crippen molar-refractivity contribution in [2.45, 2.75) is 6.92 Å². The average molecular weight is 253 g/mol. The molecule has 0 fully saturated rings. The van der Waals surface area contributed by atoms with Crippen LogP contribution in [0.25, 0.3) is 0 Å². The van der Waals surface area contributed by atoms with Crippen LogP contribution in [0.2, 0.25) is 0 Å². The number of hydrogen-bond acceptors (Lipinski definition) is 2. The highest BCUT2D eigenvalue weighted by atomic mass is 79.9. The number of ether oxygens (including phenoxy) is 1. The van der Waals surface area contributed by atoms with E-state index in [0.717, 1.165) is 15.9 Å². The zero-order chi connectivity index (χ0) is 8.27. The van der Waals surface area contributed by atoms with Gasteiger partial charge in [-0.1, -0.05) is 0 Å². The Balaban J connectivity index is 0.00000121. The predicted molar refractivity (Wildman–Crippen MR) is 57.0 cm³/mol. The molecular weight excluding hydrogens is 241 g/mol. The second-order valence-corrected chi connectivity index (χ2v) is 2.97. The van der Waals surface area contributed by atoms with E-state index < -0.39 is 0 Å². The molecule has 0 aliphatic rings. The molecule has 0 bridgehead atoms. The number of hydrogen-bond donors (Lipinski definition) is 1. The minimum atomic E-state index is 0. The van der Waals surface area contributed by atoms with Crippen molar-refractivity contribution >= 4 is 34.0 Å². The van der Waals surface area contributed by atoms with Gasteiger partial charge in [0.25, 0.3) is 0 Å². The van der Waals surface area contributed by atoms with E-state index in [0.29, 0.717) is 6.61 Å². The Morgan fingerprint density at radius 2 is 2.17 bits per heavy atom. The molecule has 1 aromatic rings. The minimum Gasteiger partial charge on any atom is -0.494 e. The first kappa shape index (κ1) is 11.6. The van der Waals surface area contributed by atoms with Crippen molar-refractivity contribution in [1.82, 2.24) is 0 Å². The molecule has 68 valence electrons. The average Bonchev–Trinajstić information content (AvgIpc) is 1.98. The molecule has 0 atom stereocenters. The summed E-state index contributed by atoms with van der Waals surface area (Å²) >= 11 is 3.31. The van der Waals surface area contributed by atoms with Crippen LogP contribution in [0, 0.1) is 0 Å². The molecule has 0 aliphatic heterocycles. The van der Waals surface area contributed by atoms with Gasteiger partial charge in [0, 0.05) is 10.2 Å². The predicted octanol–water partition coefficient (Wildman–Crippen LogP) is 2.85. The molecule has 0 heterocycles. The second kappa shape index (κ2) is 5.27. The van der Waals surface area contributed by atoms with Crippen molar-refractivity contribution in [3.63, 3.8) is 0 Å². The van der Waals surface area contributed by atoms with E-state index in [9.17, 15) is 0 Å². The van der Waals surface area contributed by atoms with Gasteiger partial charge in [-0.15, -0.1) is 12.4 Å². The van der Waals surface area contributed by atoms with E-state index in [2.05, 4.69) is 15.9 Å². The van der Waals surface area contributed by atoms with Crippen LogP contribution < -0.4 is 10.5 Å². The Morgan fingerprint density at radius 3 is 2.67 bits per heavy atom. The van der Waals surface area contributed by atoms with Crippen molar-refractivity contribution in [1.29, 1.82) is 0 Å². The van der Waals surface area contributed by atoms with Crippen LogP contribution in [0.15, 0.2) is 22.7 Å². The molecule has 0 saturated heterocycles. The van der Waals surface area contributed by atoms with Gasteiger partial charge < -0.3 is 10.5 Å². The van der Waals surface area contributed by atoms with Gasteiger partial charge in [-0.05, 0) is 41.1 Å². The number of halogens is 2. The quantitative estimate of drug-likeness (QED) is 0.822. The fourth-order valence-corrected chi connectivity index (χ4v) is 1.12. The lowest BCUT2D eigenvalue weighted by Crippen LogP contribution is -1.92. The third kappa shape index (κ3) is 2.91. The molecule has 0 spiro atoms. The molecule has 0 aliphatic carbocycles. The molecule has 0 aromatic heterocycles. The van der Waals surface area contributed by atoms with Crippen LogP contribution in [-0.2, 0) is 0 Å². The number of nitrogens with two attached hydrogens (primary N) is 1. The van der Waals surface area contributed by atoms with Crippen LogP contribution >= 0.6 is 28.3 Å². The van der Waals surface area contributed by atoms with Gasteiger partial charge in [-0.25, -0.2) is 0 Å². The van der Waals surface area contributed by atoms with Crippen LogP contribution in [-0.4, -0.2) is 6.61 Å². The largest absolute Gasteiger partial charge is 0.494 e. The highest BCUT2D eigenvalue weighted by Gasteiger charge is 1.96. The van der Waals surface area contributed by atoms with Crippen LogP contribution in [0.4, 0.5) is 5.69 Å². The summed E-state index contributed by atoms with van der Waals surface area (Å²) in [6.45, 7) is 2.63. The maximum Gasteiger partial charge on any atom is 0.120 e. The van der Waals surface area contributed by atoms with Crippen molar-refractivity contribution in [3.05, 3.63) is 22.7 Å². The second-order valence-electron chi connectivity index (χ2n) is 2.12. The molecular formula is C8H11BrClNO. The van der Waals surface area contributed by atoms with E-state index in [-0.39, 0.29) is 12.4 Å². The standard InChI is InChI=1S/C8H10BrNO.ClH/c1-2-11-6-3-4-8(10)7(9)5-6;/h3-5H,2,10H2,1H3;1H.